The molecule has 1 unspecified atom stereocenters. The second-order valence-corrected chi connectivity index (χ2v) is 6.26. The monoisotopic (exact) mass is 357 g/mol. The van der Waals surface area contributed by atoms with Crippen molar-refractivity contribution in [3.8, 4) is 5.75 Å². The van der Waals surface area contributed by atoms with E-state index in [4.69, 9.17) is 0 Å². The van der Waals surface area contributed by atoms with Crippen LogP contribution in [0.1, 0.15) is 22.0 Å². The number of hydrogen-bond acceptors (Lipinski definition) is 7. The summed E-state index contributed by atoms with van der Waals surface area (Å²) in [6, 6.07) is 10.4. The highest BCUT2D eigenvalue weighted by Crippen LogP contribution is 2.24. The molecule has 1 aromatic heterocycles. The Morgan fingerprint density at radius 1 is 1.23 bits per heavy atom. The number of piperazine rings is 1. The molecule has 0 amide bonds. The Labute approximate surface area is 152 Å². The van der Waals surface area contributed by atoms with Crippen molar-refractivity contribution in [2.75, 3.05) is 44.7 Å². The molecule has 1 fully saturated rings. The predicted molar refractivity (Wildman–Crippen MR) is 97.3 cm³/mol. The van der Waals surface area contributed by atoms with Crippen LogP contribution < -0.4 is 4.90 Å². The van der Waals surface area contributed by atoms with Crippen LogP contribution >= 0.6 is 0 Å². The number of benzene rings is 1. The quantitative estimate of drug-likeness (QED) is 0.783. The number of ether oxygens (including phenoxy) is 1. The first-order valence-electron chi connectivity index (χ1n) is 8.56. The van der Waals surface area contributed by atoms with Gasteiger partial charge in [0.25, 0.3) is 0 Å². The molecule has 3 rings (SSSR count). The molecule has 0 aliphatic carbocycles. The lowest BCUT2D eigenvalue weighted by molar-refractivity contribution is 0.0596. The third-order valence-corrected chi connectivity index (χ3v) is 4.59. The summed E-state index contributed by atoms with van der Waals surface area (Å²) >= 11 is 0. The molecule has 0 bridgehead atoms. The van der Waals surface area contributed by atoms with Gasteiger partial charge >= 0.3 is 5.97 Å². The molecular formula is C19H23N3O4. The Hall–Kier alpha value is -2.64. The van der Waals surface area contributed by atoms with Gasteiger partial charge in [-0.05, 0) is 29.8 Å². The predicted octanol–water partition coefficient (Wildman–Crippen LogP) is 1.43. The second-order valence-electron chi connectivity index (χ2n) is 6.26. The number of carbonyl (C=O) groups excluding carboxylic acids is 1. The fourth-order valence-electron chi connectivity index (χ4n) is 3.08. The Balaban J connectivity index is 1.59. The van der Waals surface area contributed by atoms with Crippen molar-refractivity contribution >= 4 is 11.8 Å². The molecular weight excluding hydrogens is 334 g/mol. The zero-order valence-corrected chi connectivity index (χ0v) is 14.7. The van der Waals surface area contributed by atoms with Gasteiger partial charge in [0.2, 0.25) is 0 Å². The number of nitrogens with zero attached hydrogens (tertiary/aromatic N) is 3. The van der Waals surface area contributed by atoms with E-state index in [-0.39, 0.29) is 11.3 Å². The maximum absolute atomic E-state index is 11.7. The molecule has 7 nitrogen and oxygen atoms in total. The smallest absolute Gasteiger partial charge is 0.341 e. The van der Waals surface area contributed by atoms with Gasteiger partial charge in [-0.2, -0.15) is 0 Å². The van der Waals surface area contributed by atoms with E-state index in [1.165, 1.54) is 19.2 Å². The van der Waals surface area contributed by atoms with Crippen molar-refractivity contribution in [2.45, 2.75) is 6.10 Å². The normalized spacial score (nSPS) is 16.3. The fraction of sp³-hybridized carbons (Fsp3) is 0.368. The summed E-state index contributed by atoms with van der Waals surface area (Å²) in [4.78, 5) is 20.4. The minimum absolute atomic E-state index is 0.0593. The Bertz CT molecular complexity index is 746. The number of carbonyl (C=O) groups is 1. The number of esters is 1. The van der Waals surface area contributed by atoms with E-state index in [9.17, 15) is 15.0 Å². The number of rotatable bonds is 5. The fourth-order valence-corrected chi connectivity index (χ4v) is 3.08. The number of aliphatic hydroxyl groups excluding tert-OH is 1. The van der Waals surface area contributed by atoms with Crippen LogP contribution in [0.25, 0.3) is 0 Å². The molecule has 7 heteroatoms. The topological polar surface area (TPSA) is 86.1 Å². The van der Waals surface area contributed by atoms with Crippen LogP contribution in [0.4, 0.5) is 5.82 Å². The van der Waals surface area contributed by atoms with Gasteiger partial charge in [0.05, 0.1) is 13.2 Å². The first-order chi connectivity index (χ1) is 12.6. The van der Waals surface area contributed by atoms with Gasteiger partial charge in [0.1, 0.15) is 17.1 Å². The van der Waals surface area contributed by atoms with Crippen LogP contribution in [0.3, 0.4) is 0 Å². The average Bonchev–Trinajstić information content (AvgIpc) is 2.69. The number of aromatic hydroxyl groups is 1. The third-order valence-electron chi connectivity index (χ3n) is 4.59. The van der Waals surface area contributed by atoms with Crippen LogP contribution in [0.5, 0.6) is 5.75 Å². The number of phenols is 1. The number of anilines is 1. The van der Waals surface area contributed by atoms with Gasteiger partial charge in [-0.1, -0.05) is 12.1 Å². The Morgan fingerprint density at radius 2 is 2.00 bits per heavy atom. The number of aromatic nitrogens is 1. The molecule has 26 heavy (non-hydrogen) atoms. The summed E-state index contributed by atoms with van der Waals surface area (Å²) in [6.45, 7) is 3.77. The Morgan fingerprint density at radius 3 is 2.65 bits per heavy atom. The summed E-state index contributed by atoms with van der Waals surface area (Å²) in [7, 11) is 1.26. The van der Waals surface area contributed by atoms with Crippen LogP contribution in [0, 0.1) is 0 Å². The van der Waals surface area contributed by atoms with Crippen LogP contribution in [-0.2, 0) is 4.74 Å². The van der Waals surface area contributed by atoms with E-state index in [0.717, 1.165) is 32.0 Å². The third kappa shape index (κ3) is 4.12. The van der Waals surface area contributed by atoms with Gasteiger partial charge in [-0.15, -0.1) is 0 Å². The molecule has 1 aliphatic rings. The van der Waals surface area contributed by atoms with E-state index in [2.05, 4.69) is 19.5 Å². The Kier molecular flexibility index (Phi) is 5.70. The van der Waals surface area contributed by atoms with E-state index < -0.39 is 12.1 Å². The first-order valence-corrected chi connectivity index (χ1v) is 8.56. The molecule has 1 aromatic carbocycles. The number of β-amino-alcohol motifs (C(OH)–C–C–N with tert-alkyl or cyclic N) is 1. The lowest BCUT2D eigenvalue weighted by Gasteiger charge is -2.36. The summed E-state index contributed by atoms with van der Waals surface area (Å²) < 4.78 is 4.65. The second kappa shape index (κ2) is 8.16. The summed E-state index contributed by atoms with van der Waals surface area (Å²) in [5, 5.41) is 20.3. The van der Waals surface area contributed by atoms with Gasteiger partial charge in [-0.25, -0.2) is 9.78 Å². The number of aliphatic hydroxyl groups is 1. The largest absolute Gasteiger partial charge is 0.507 e. The summed E-state index contributed by atoms with van der Waals surface area (Å²) in [5.74, 6) is 0.186. The van der Waals surface area contributed by atoms with E-state index in [1.54, 1.807) is 12.3 Å². The molecule has 0 saturated carbocycles. The van der Waals surface area contributed by atoms with Gasteiger partial charge in [0, 0.05) is 38.9 Å². The summed E-state index contributed by atoms with van der Waals surface area (Å²) in [5.41, 5.74) is 0.638. The number of methoxy groups -OCH3 is 1. The maximum atomic E-state index is 11.7. The van der Waals surface area contributed by atoms with Crippen molar-refractivity contribution in [3.63, 3.8) is 0 Å². The van der Waals surface area contributed by atoms with E-state index in [0.29, 0.717) is 12.1 Å². The van der Waals surface area contributed by atoms with Gasteiger partial charge in [0.15, 0.2) is 0 Å². The van der Waals surface area contributed by atoms with Crippen LogP contribution in [0.15, 0.2) is 42.6 Å². The minimum atomic E-state index is -0.750. The van der Waals surface area contributed by atoms with Gasteiger partial charge < -0.3 is 19.8 Å². The van der Waals surface area contributed by atoms with Crippen molar-refractivity contribution in [2.24, 2.45) is 0 Å². The number of phenolic OH excluding ortho intramolecular Hbond substituents is 1. The molecule has 0 radical (unpaired) electrons. The van der Waals surface area contributed by atoms with Crippen molar-refractivity contribution < 1.29 is 19.7 Å². The lowest BCUT2D eigenvalue weighted by atomic mass is 10.0. The number of pyridine rings is 1. The van der Waals surface area contributed by atoms with Gasteiger partial charge in [-0.3, -0.25) is 4.90 Å². The highest BCUT2D eigenvalue weighted by molar-refractivity contribution is 5.92. The van der Waals surface area contributed by atoms with Crippen molar-refractivity contribution in [1.29, 1.82) is 0 Å². The molecule has 0 spiro atoms. The highest BCUT2D eigenvalue weighted by Gasteiger charge is 2.22. The zero-order chi connectivity index (χ0) is 18.5. The van der Waals surface area contributed by atoms with Crippen molar-refractivity contribution in [1.82, 2.24) is 9.88 Å². The number of hydrogen-bond donors (Lipinski definition) is 2. The first kappa shape index (κ1) is 18.2. The van der Waals surface area contributed by atoms with Crippen LogP contribution in [-0.4, -0.2) is 65.9 Å². The van der Waals surface area contributed by atoms with E-state index >= 15 is 0 Å². The molecule has 138 valence electrons. The van der Waals surface area contributed by atoms with Crippen LogP contribution in [0.2, 0.25) is 0 Å². The van der Waals surface area contributed by atoms with Crippen molar-refractivity contribution in [3.05, 3.63) is 53.7 Å². The SMILES string of the molecule is COC(=O)c1cc(C(O)CN2CCN(c3ccccn3)CC2)ccc1O. The lowest BCUT2D eigenvalue weighted by Crippen LogP contribution is -2.47. The van der Waals surface area contributed by atoms with E-state index in [1.807, 2.05) is 18.2 Å². The standard InChI is InChI=1S/C19H23N3O4/c1-26-19(25)15-12-14(5-6-16(15)23)17(24)13-21-8-10-22(11-9-21)18-4-2-3-7-20-18/h2-7,12,17,23-24H,8-11,13H2,1H3. The molecule has 1 aliphatic heterocycles. The molecule has 1 atom stereocenters. The maximum Gasteiger partial charge on any atom is 0.341 e. The molecule has 2 heterocycles. The molecule has 2 N–H and O–H groups in total. The molecule has 1 saturated heterocycles. The minimum Gasteiger partial charge on any atom is -0.507 e. The highest BCUT2D eigenvalue weighted by atomic mass is 16.5. The average molecular weight is 357 g/mol. The zero-order valence-electron chi connectivity index (χ0n) is 14.7. The summed E-state index contributed by atoms with van der Waals surface area (Å²) in [6.07, 6.45) is 1.04. The molecule has 2 aromatic rings.